The van der Waals surface area contributed by atoms with Gasteiger partial charge in [-0.15, -0.1) is 0 Å². The second-order valence-electron chi connectivity index (χ2n) is 9.66. The molecule has 0 saturated carbocycles. The maximum absolute atomic E-state index is 14.3. The lowest BCUT2D eigenvalue weighted by molar-refractivity contribution is -0.141. The van der Waals surface area contributed by atoms with Crippen LogP contribution < -0.4 is 15.0 Å². The van der Waals surface area contributed by atoms with Crippen molar-refractivity contribution >= 4 is 29.0 Å². The first kappa shape index (κ1) is 30.7. The number of nitrogens with zero attached hydrogens (tertiary/aromatic N) is 1. The first-order valence-electron chi connectivity index (χ1n) is 13.8. The normalized spacial score (nSPS) is 11.2. The lowest BCUT2D eigenvalue weighted by Crippen LogP contribution is -2.33. The molecule has 0 bridgehead atoms. The second-order valence-corrected chi connectivity index (χ2v) is 9.66. The first-order valence-corrected chi connectivity index (χ1v) is 13.8. The molecule has 0 heterocycles. The number of carbonyl (C=O) groups is 3. The number of ketones is 1. The molecule has 0 aliphatic heterocycles. The fourth-order valence-corrected chi connectivity index (χ4v) is 4.58. The molecule has 0 fully saturated rings. The predicted molar refractivity (Wildman–Crippen MR) is 165 cm³/mol. The predicted octanol–water partition coefficient (Wildman–Crippen LogP) is 6.24. The Morgan fingerprint density at radius 3 is 2.28 bits per heavy atom. The first-order chi connectivity index (χ1) is 20.9. The van der Waals surface area contributed by atoms with Crippen LogP contribution in [0.5, 0.6) is 5.75 Å². The third-order valence-corrected chi connectivity index (χ3v) is 6.76. The highest BCUT2D eigenvalue weighted by Gasteiger charge is 2.23. The molecule has 7 nitrogen and oxygen atoms in total. The number of amides is 1. The van der Waals surface area contributed by atoms with Crippen LogP contribution in [-0.2, 0) is 20.7 Å². The van der Waals surface area contributed by atoms with Gasteiger partial charge in [0.25, 0.3) is 0 Å². The number of para-hydroxylation sites is 2. The Balaban J connectivity index is 1.37. The summed E-state index contributed by atoms with van der Waals surface area (Å²) in [5.41, 5.74) is 2.58. The van der Waals surface area contributed by atoms with Gasteiger partial charge in [-0.1, -0.05) is 73.3 Å². The molecule has 0 aliphatic carbocycles. The molecule has 43 heavy (non-hydrogen) atoms. The quantitative estimate of drug-likeness (QED) is 0.0823. The van der Waals surface area contributed by atoms with Gasteiger partial charge in [0.05, 0.1) is 19.4 Å². The van der Waals surface area contributed by atoms with Crippen LogP contribution >= 0.6 is 0 Å². The molecule has 0 unspecified atom stereocenters. The van der Waals surface area contributed by atoms with Crippen LogP contribution in [0.15, 0.2) is 116 Å². The molecular formula is C35H33FN2O5. The number of hydrogen-bond donors (Lipinski definition) is 1. The van der Waals surface area contributed by atoms with E-state index in [-0.39, 0.29) is 18.0 Å². The highest BCUT2D eigenvalue weighted by Crippen LogP contribution is 2.23. The monoisotopic (exact) mass is 580 g/mol. The van der Waals surface area contributed by atoms with Crippen LogP contribution in [0.4, 0.5) is 15.8 Å². The lowest BCUT2D eigenvalue weighted by atomic mass is 10.00. The summed E-state index contributed by atoms with van der Waals surface area (Å²) in [6.45, 7) is 4.07. The van der Waals surface area contributed by atoms with Gasteiger partial charge in [0.15, 0.2) is 5.78 Å². The van der Waals surface area contributed by atoms with Crippen molar-refractivity contribution in [2.45, 2.75) is 18.9 Å². The maximum Gasteiger partial charge on any atom is 0.328 e. The van der Waals surface area contributed by atoms with E-state index in [9.17, 15) is 18.8 Å². The van der Waals surface area contributed by atoms with E-state index in [2.05, 4.69) is 11.9 Å². The summed E-state index contributed by atoms with van der Waals surface area (Å²) >= 11 is 0. The van der Waals surface area contributed by atoms with E-state index in [1.54, 1.807) is 78.9 Å². The number of methoxy groups -OCH3 is 1. The van der Waals surface area contributed by atoms with Crippen LogP contribution in [0.1, 0.15) is 27.9 Å². The smallest absolute Gasteiger partial charge is 0.328 e. The van der Waals surface area contributed by atoms with Crippen molar-refractivity contribution in [2.75, 3.05) is 30.5 Å². The molecule has 4 aromatic rings. The maximum atomic E-state index is 14.3. The summed E-state index contributed by atoms with van der Waals surface area (Å²) in [7, 11) is 1.32. The highest BCUT2D eigenvalue weighted by atomic mass is 19.1. The number of halogens is 1. The van der Waals surface area contributed by atoms with Crippen molar-refractivity contribution in [3.05, 3.63) is 138 Å². The average Bonchev–Trinajstić information content (AvgIpc) is 3.05. The van der Waals surface area contributed by atoms with Crippen molar-refractivity contribution in [2.24, 2.45) is 0 Å². The number of rotatable bonds is 14. The molecule has 4 rings (SSSR count). The van der Waals surface area contributed by atoms with Gasteiger partial charge in [0.2, 0.25) is 5.91 Å². The molecule has 1 N–H and O–H groups in total. The van der Waals surface area contributed by atoms with Gasteiger partial charge in [-0.05, 0) is 54.5 Å². The molecule has 0 spiro atoms. The Hall–Kier alpha value is -5.24. The Morgan fingerprint density at radius 1 is 0.907 bits per heavy atom. The molecular weight excluding hydrogens is 547 g/mol. The summed E-state index contributed by atoms with van der Waals surface area (Å²) in [6, 6.07) is 28.6. The van der Waals surface area contributed by atoms with Crippen LogP contribution in [0.3, 0.4) is 0 Å². The number of ether oxygens (including phenoxy) is 2. The fraction of sp³-hybridized carbons (Fsp3) is 0.171. The van der Waals surface area contributed by atoms with Crippen molar-refractivity contribution in [3.63, 3.8) is 0 Å². The summed E-state index contributed by atoms with van der Waals surface area (Å²) < 4.78 is 25.1. The van der Waals surface area contributed by atoms with E-state index >= 15 is 0 Å². The van der Waals surface area contributed by atoms with Crippen LogP contribution in [0, 0.1) is 5.82 Å². The van der Waals surface area contributed by atoms with Gasteiger partial charge >= 0.3 is 5.97 Å². The number of carbonyl (C=O) groups excluding carboxylic acids is 3. The second kappa shape index (κ2) is 15.1. The minimum atomic E-state index is -0.742. The van der Waals surface area contributed by atoms with Gasteiger partial charge in [0.1, 0.15) is 17.6 Å². The van der Waals surface area contributed by atoms with Gasteiger partial charge in [-0.3, -0.25) is 9.59 Å². The van der Waals surface area contributed by atoms with Gasteiger partial charge in [-0.25, -0.2) is 9.18 Å². The van der Waals surface area contributed by atoms with Crippen LogP contribution in [0.2, 0.25) is 0 Å². The van der Waals surface area contributed by atoms with E-state index < -0.39 is 23.7 Å². The number of nitrogens with one attached hydrogen (secondary N) is 1. The topological polar surface area (TPSA) is 84.9 Å². The number of esters is 1. The number of hydrogen-bond acceptors (Lipinski definition) is 6. The lowest BCUT2D eigenvalue weighted by Gasteiger charge is -2.22. The minimum absolute atomic E-state index is 0.153. The molecule has 0 saturated heterocycles. The molecule has 0 radical (unpaired) electrons. The van der Waals surface area contributed by atoms with Crippen molar-refractivity contribution < 1.29 is 28.2 Å². The van der Waals surface area contributed by atoms with E-state index in [4.69, 9.17) is 9.47 Å². The summed E-state index contributed by atoms with van der Waals surface area (Å²) in [5, 5.41) is 3.20. The standard InChI is InChI=1S/C35H33FN2O5/c1-3-33(39)38(32-17-10-8-15-29(32)36)22-11-23-43-27-20-18-25(19-21-27)24-31(35(41)42-2)37-30-16-9-7-14-28(30)34(40)26-12-5-4-6-13-26/h3-10,12-21,31,37H,1,11,22-24H2,2H3/t31-/m0/s1. The van der Waals surface area contributed by atoms with Crippen molar-refractivity contribution in [1.29, 1.82) is 0 Å². The minimum Gasteiger partial charge on any atom is -0.494 e. The molecule has 1 atom stereocenters. The van der Waals surface area contributed by atoms with E-state index in [1.807, 2.05) is 18.2 Å². The Morgan fingerprint density at radius 2 is 1.58 bits per heavy atom. The zero-order chi connectivity index (χ0) is 30.6. The van der Waals surface area contributed by atoms with E-state index in [1.165, 1.54) is 18.1 Å². The zero-order valence-corrected chi connectivity index (χ0v) is 23.9. The molecule has 0 aromatic heterocycles. The van der Waals surface area contributed by atoms with E-state index in [0.717, 1.165) is 11.6 Å². The summed E-state index contributed by atoms with van der Waals surface area (Å²) in [4.78, 5) is 39.5. The van der Waals surface area contributed by atoms with Gasteiger partial charge in [0, 0.05) is 29.8 Å². The summed E-state index contributed by atoms with van der Waals surface area (Å²) in [6.07, 6.45) is 1.93. The third-order valence-electron chi connectivity index (χ3n) is 6.76. The average molecular weight is 581 g/mol. The number of anilines is 2. The molecule has 0 aliphatic rings. The largest absolute Gasteiger partial charge is 0.494 e. The van der Waals surface area contributed by atoms with Crippen molar-refractivity contribution in [3.8, 4) is 5.75 Å². The Labute approximate surface area is 250 Å². The summed E-state index contributed by atoms with van der Waals surface area (Å²) in [5.74, 6) is -0.886. The fourth-order valence-electron chi connectivity index (χ4n) is 4.58. The molecule has 220 valence electrons. The Bertz CT molecular complexity index is 1560. The van der Waals surface area contributed by atoms with Crippen LogP contribution in [-0.4, -0.2) is 44.0 Å². The van der Waals surface area contributed by atoms with Crippen LogP contribution in [0.25, 0.3) is 0 Å². The SMILES string of the molecule is C=CC(=O)N(CCCOc1ccc(C[C@H](Nc2ccccc2C(=O)c2ccccc2)C(=O)OC)cc1)c1ccccc1F. The third kappa shape index (κ3) is 8.16. The highest BCUT2D eigenvalue weighted by molar-refractivity contribution is 6.12. The Kier molecular flexibility index (Phi) is 10.8. The van der Waals surface area contributed by atoms with Crippen molar-refractivity contribution in [1.82, 2.24) is 0 Å². The van der Waals surface area contributed by atoms with Gasteiger partial charge < -0.3 is 19.7 Å². The molecule has 4 aromatic carbocycles. The van der Waals surface area contributed by atoms with E-state index in [0.29, 0.717) is 42.0 Å². The zero-order valence-electron chi connectivity index (χ0n) is 23.9. The molecule has 8 heteroatoms. The molecule has 1 amide bonds. The number of benzene rings is 4. The van der Waals surface area contributed by atoms with Gasteiger partial charge in [-0.2, -0.15) is 0 Å².